The number of fused-ring (bicyclic) bond motifs is 1. The van der Waals surface area contributed by atoms with Crippen molar-refractivity contribution in [1.29, 1.82) is 0 Å². The molecule has 31 heavy (non-hydrogen) atoms. The van der Waals surface area contributed by atoms with Gasteiger partial charge in [0.15, 0.2) is 0 Å². The second kappa shape index (κ2) is 7.76. The summed E-state index contributed by atoms with van der Waals surface area (Å²) in [6.07, 6.45) is -1.75. The highest BCUT2D eigenvalue weighted by Gasteiger charge is 2.32. The lowest BCUT2D eigenvalue weighted by Crippen LogP contribution is -2.31. The van der Waals surface area contributed by atoms with Gasteiger partial charge in [-0.15, -0.1) is 13.2 Å². The summed E-state index contributed by atoms with van der Waals surface area (Å²) < 4.78 is 41.9. The van der Waals surface area contributed by atoms with Crippen LogP contribution in [0.3, 0.4) is 0 Å². The van der Waals surface area contributed by atoms with Crippen LogP contribution in [0.25, 0.3) is 0 Å². The Labute approximate surface area is 177 Å². The third-order valence-corrected chi connectivity index (χ3v) is 5.51. The molecular formula is C23H21F3N4O. The zero-order chi connectivity index (χ0) is 21.4. The maximum Gasteiger partial charge on any atom is 0.573 e. The van der Waals surface area contributed by atoms with Crippen LogP contribution in [0.2, 0.25) is 0 Å². The maximum absolute atomic E-state index is 12.6. The van der Waals surface area contributed by atoms with E-state index in [0.717, 1.165) is 54.1 Å². The second-order valence-corrected chi connectivity index (χ2v) is 7.89. The van der Waals surface area contributed by atoms with E-state index in [2.05, 4.69) is 15.0 Å². The molecule has 5 rings (SSSR count). The van der Waals surface area contributed by atoms with Gasteiger partial charge in [0.05, 0.1) is 5.69 Å². The van der Waals surface area contributed by atoms with E-state index < -0.39 is 6.36 Å². The van der Waals surface area contributed by atoms with E-state index in [1.54, 1.807) is 6.07 Å². The first-order chi connectivity index (χ1) is 14.9. The summed E-state index contributed by atoms with van der Waals surface area (Å²) in [7, 11) is 0. The Balaban J connectivity index is 1.42. The third kappa shape index (κ3) is 4.73. The molecule has 2 aliphatic rings. The molecule has 0 radical (unpaired) electrons. The number of alkyl halides is 3. The average Bonchev–Trinajstić information content (AvgIpc) is 3.58. The van der Waals surface area contributed by atoms with Crippen LogP contribution >= 0.6 is 0 Å². The van der Waals surface area contributed by atoms with E-state index in [4.69, 9.17) is 9.97 Å². The first-order valence-corrected chi connectivity index (χ1v) is 10.3. The summed E-state index contributed by atoms with van der Waals surface area (Å²) in [6, 6.07) is 16.3. The number of aromatic nitrogens is 2. The Morgan fingerprint density at radius 3 is 2.52 bits per heavy atom. The normalized spacial score (nSPS) is 16.0. The van der Waals surface area contributed by atoms with Gasteiger partial charge >= 0.3 is 6.36 Å². The molecule has 1 fully saturated rings. The van der Waals surface area contributed by atoms with Crippen LogP contribution < -0.4 is 15.0 Å². The minimum absolute atomic E-state index is 0.194. The molecule has 0 amide bonds. The fraction of sp³-hybridized carbons (Fsp3) is 0.304. The molecule has 160 valence electrons. The molecule has 1 saturated carbocycles. The van der Waals surface area contributed by atoms with Crippen molar-refractivity contribution in [3.63, 3.8) is 0 Å². The standard InChI is InChI=1S/C23H21F3N4O/c24-23(25,26)31-19-9-8-15-10-11-30(14-17(15)12-19)21-13-20(16-6-7-16)28-22(29-21)27-18-4-2-1-3-5-18/h1-5,8-9,12-13,16H,6-7,10-11,14H2,(H,27,28,29). The molecular weight excluding hydrogens is 405 g/mol. The molecule has 0 unspecified atom stereocenters. The van der Waals surface area contributed by atoms with E-state index in [1.165, 1.54) is 12.1 Å². The van der Waals surface area contributed by atoms with Crippen LogP contribution in [0.5, 0.6) is 5.75 Å². The Bertz CT molecular complexity index is 1080. The van der Waals surface area contributed by atoms with Crippen molar-refractivity contribution < 1.29 is 17.9 Å². The van der Waals surface area contributed by atoms with Gasteiger partial charge in [0.25, 0.3) is 0 Å². The van der Waals surface area contributed by atoms with Crippen LogP contribution in [0.15, 0.2) is 54.6 Å². The minimum atomic E-state index is -4.70. The topological polar surface area (TPSA) is 50.3 Å². The van der Waals surface area contributed by atoms with E-state index >= 15 is 0 Å². The van der Waals surface area contributed by atoms with Crippen molar-refractivity contribution in [1.82, 2.24) is 9.97 Å². The number of nitrogens with zero attached hydrogens (tertiary/aromatic N) is 3. The van der Waals surface area contributed by atoms with E-state index in [1.807, 2.05) is 36.4 Å². The lowest BCUT2D eigenvalue weighted by molar-refractivity contribution is -0.274. The van der Waals surface area contributed by atoms with Gasteiger partial charge in [-0.05, 0) is 54.7 Å². The Morgan fingerprint density at radius 2 is 1.77 bits per heavy atom. The molecule has 0 saturated heterocycles. The first kappa shape index (κ1) is 19.7. The molecule has 1 aromatic heterocycles. The second-order valence-electron chi connectivity index (χ2n) is 7.89. The molecule has 2 heterocycles. The van der Waals surface area contributed by atoms with Crippen LogP contribution in [-0.2, 0) is 13.0 Å². The van der Waals surface area contributed by atoms with Crippen molar-refractivity contribution in [3.05, 3.63) is 71.4 Å². The number of anilines is 3. The minimum Gasteiger partial charge on any atom is -0.406 e. The molecule has 0 spiro atoms. The molecule has 2 aromatic carbocycles. The monoisotopic (exact) mass is 426 g/mol. The van der Waals surface area contributed by atoms with Crippen LogP contribution in [0, 0.1) is 0 Å². The Hall–Kier alpha value is -3.29. The number of nitrogens with one attached hydrogen (secondary N) is 1. The first-order valence-electron chi connectivity index (χ1n) is 10.3. The fourth-order valence-corrected chi connectivity index (χ4v) is 3.84. The summed E-state index contributed by atoms with van der Waals surface area (Å²) in [6.45, 7) is 1.20. The van der Waals surface area contributed by atoms with Crippen molar-refractivity contribution in [2.24, 2.45) is 0 Å². The molecule has 8 heteroatoms. The van der Waals surface area contributed by atoms with E-state index in [0.29, 0.717) is 18.4 Å². The molecule has 1 aliphatic heterocycles. The van der Waals surface area contributed by atoms with E-state index in [-0.39, 0.29) is 5.75 Å². The van der Waals surface area contributed by atoms with Crippen molar-refractivity contribution in [2.75, 3.05) is 16.8 Å². The summed E-state index contributed by atoms with van der Waals surface area (Å²) in [5.41, 5.74) is 3.75. The number of benzene rings is 2. The van der Waals surface area contributed by atoms with Gasteiger partial charge in [0.1, 0.15) is 11.6 Å². The third-order valence-electron chi connectivity index (χ3n) is 5.51. The summed E-state index contributed by atoms with van der Waals surface area (Å²) in [5, 5.41) is 3.27. The summed E-state index contributed by atoms with van der Waals surface area (Å²) in [4.78, 5) is 11.5. The van der Waals surface area contributed by atoms with Gasteiger partial charge in [0.2, 0.25) is 5.95 Å². The number of halogens is 3. The molecule has 3 aromatic rings. The van der Waals surface area contributed by atoms with Gasteiger partial charge < -0.3 is 15.0 Å². The largest absolute Gasteiger partial charge is 0.573 e. The average molecular weight is 426 g/mol. The van der Waals surface area contributed by atoms with Crippen LogP contribution in [0.1, 0.15) is 35.6 Å². The molecule has 1 N–H and O–H groups in total. The smallest absolute Gasteiger partial charge is 0.406 e. The van der Waals surface area contributed by atoms with Gasteiger partial charge in [-0.2, -0.15) is 4.98 Å². The highest BCUT2D eigenvalue weighted by atomic mass is 19.4. The van der Waals surface area contributed by atoms with Crippen LogP contribution in [0.4, 0.5) is 30.6 Å². The Kier molecular flexibility index (Phi) is 4.92. The number of hydrogen-bond donors (Lipinski definition) is 1. The number of rotatable bonds is 5. The van der Waals surface area contributed by atoms with Gasteiger partial charge in [0, 0.05) is 30.8 Å². The van der Waals surface area contributed by atoms with Gasteiger partial charge in [-0.3, -0.25) is 0 Å². The maximum atomic E-state index is 12.6. The SMILES string of the molecule is FC(F)(F)Oc1ccc2c(c1)CN(c1cc(C3CC3)nc(Nc3ccccc3)n1)CC2. The summed E-state index contributed by atoms with van der Waals surface area (Å²) >= 11 is 0. The van der Waals surface area contributed by atoms with E-state index in [9.17, 15) is 13.2 Å². The van der Waals surface area contributed by atoms with Crippen molar-refractivity contribution in [2.45, 2.75) is 38.1 Å². The highest BCUT2D eigenvalue weighted by Crippen LogP contribution is 2.41. The number of para-hydroxylation sites is 1. The molecule has 5 nitrogen and oxygen atoms in total. The lowest BCUT2D eigenvalue weighted by atomic mass is 9.99. The number of ether oxygens (including phenoxy) is 1. The molecule has 1 aliphatic carbocycles. The van der Waals surface area contributed by atoms with Crippen LogP contribution in [-0.4, -0.2) is 22.9 Å². The van der Waals surface area contributed by atoms with Crippen molar-refractivity contribution >= 4 is 17.5 Å². The lowest BCUT2D eigenvalue weighted by Gasteiger charge is -2.30. The zero-order valence-corrected chi connectivity index (χ0v) is 16.7. The molecule has 0 atom stereocenters. The zero-order valence-electron chi connectivity index (χ0n) is 16.7. The predicted octanol–water partition coefficient (Wildman–Crippen LogP) is 5.56. The quantitative estimate of drug-likeness (QED) is 0.579. The Morgan fingerprint density at radius 1 is 0.968 bits per heavy atom. The fourth-order valence-electron chi connectivity index (χ4n) is 3.84. The highest BCUT2D eigenvalue weighted by molar-refractivity contribution is 5.56. The molecule has 0 bridgehead atoms. The predicted molar refractivity (Wildman–Crippen MR) is 112 cm³/mol. The van der Waals surface area contributed by atoms with Crippen molar-refractivity contribution in [3.8, 4) is 5.75 Å². The van der Waals surface area contributed by atoms with Gasteiger partial charge in [-0.25, -0.2) is 4.98 Å². The number of hydrogen-bond acceptors (Lipinski definition) is 5. The van der Waals surface area contributed by atoms with Gasteiger partial charge in [-0.1, -0.05) is 24.3 Å². The summed E-state index contributed by atoms with van der Waals surface area (Å²) in [5.74, 6) is 1.57.